The first-order chi connectivity index (χ1) is 15.7. The number of anilines is 2. The molecule has 0 fully saturated rings. The summed E-state index contributed by atoms with van der Waals surface area (Å²) >= 11 is 0. The van der Waals surface area contributed by atoms with E-state index in [1.165, 1.54) is 29.2 Å². The number of benzene rings is 2. The molecule has 0 spiro atoms. The van der Waals surface area contributed by atoms with E-state index in [0.29, 0.717) is 11.4 Å². The summed E-state index contributed by atoms with van der Waals surface area (Å²) in [7, 11) is 0. The lowest BCUT2D eigenvalue weighted by molar-refractivity contribution is -0.128. The number of carbonyl (C=O) groups is 5. The second kappa shape index (κ2) is 8.01. The average Bonchev–Trinajstić information content (AvgIpc) is 3.02. The van der Waals surface area contributed by atoms with Crippen molar-refractivity contribution in [2.75, 3.05) is 23.4 Å². The fraction of sp³-hybridized carbons (Fsp3) is 0.208. The van der Waals surface area contributed by atoms with E-state index in [1.807, 2.05) is 0 Å². The van der Waals surface area contributed by atoms with Crippen LogP contribution in [0.1, 0.15) is 44.9 Å². The summed E-state index contributed by atoms with van der Waals surface area (Å²) < 4.78 is 5.20. The summed E-state index contributed by atoms with van der Waals surface area (Å²) in [4.78, 5) is 65.2. The third-order valence-corrected chi connectivity index (χ3v) is 5.60. The third-order valence-electron chi connectivity index (χ3n) is 5.60. The lowest BCUT2D eigenvalue weighted by atomic mass is 9.96. The van der Waals surface area contributed by atoms with Crippen molar-refractivity contribution in [3.05, 3.63) is 71.8 Å². The Morgan fingerprint density at radius 3 is 2.48 bits per heavy atom. The number of esters is 1. The Morgan fingerprint density at radius 2 is 1.76 bits per heavy atom. The quantitative estimate of drug-likeness (QED) is 0.428. The molecule has 168 valence electrons. The standard InChI is InChI=1S/C24H21N3O6/c1-4-11-26-20(29)15-10-9-14(12-16(15)21(26)30)22(31)33-13-19(28)27-18-8-6-5-7-17(18)25-23(32)24(27,2)3/h4-10,12H,1,11,13H2,2-3H3,(H,25,32). The maximum atomic E-state index is 13.0. The number of hydrogen-bond donors (Lipinski definition) is 1. The summed E-state index contributed by atoms with van der Waals surface area (Å²) in [6, 6.07) is 10.8. The molecule has 0 saturated heterocycles. The van der Waals surface area contributed by atoms with Gasteiger partial charge in [0.1, 0.15) is 5.54 Å². The van der Waals surface area contributed by atoms with Gasteiger partial charge in [-0.05, 0) is 44.2 Å². The van der Waals surface area contributed by atoms with Gasteiger partial charge >= 0.3 is 5.97 Å². The Labute approximate surface area is 189 Å². The predicted molar refractivity (Wildman–Crippen MR) is 119 cm³/mol. The molecule has 2 aromatic rings. The summed E-state index contributed by atoms with van der Waals surface area (Å²) in [5.41, 5.74) is 0.0727. The molecule has 2 aromatic carbocycles. The topological polar surface area (TPSA) is 113 Å². The molecule has 0 unspecified atom stereocenters. The van der Waals surface area contributed by atoms with Crippen LogP contribution in [0.4, 0.5) is 11.4 Å². The van der Waals surface area contributed by atoms with E-state index in [-0.39, 0.29) is 29.1 Å². The SMILES string of the molecule is C=CCN1C(=O)c2ccc(C(=O)OCC(=O)N3c4ccccc4NC(=O)C3(C)C)cc2C1=O. The largest absolute Gasteiger partial charge is 0.452 e. The molecule has 9 heteroatoms. The Balaban J connectivity index is 1.52. The van der Waals surface area contributed by atoms with Crippen LogP contribution in [0.25, 0.3) is 0 Å². The molecular formula is C24H21N3O6. The zero-order chi connectivity index (χ0) is 23.9. The van der Waals surface area contributed by atoms with Gasteiger partial charge in [0, 0.05) is 6.54 Å². The minimum absolute atomic E-state index is 0.0270. The van der Waals surface area contributed by atoms with Crippen LogP contribution in [-0.4, -0.2) is 53.2 Å². The van der Waals surface area contributed by atoms with Gasteiger partial charge in [-0.2, -0.15) is 0 Å². The minimum Gasteiger partial charge on any atom is -0.452 e. The molecule has 33 heavy (non-hydrogen) atoms. The number of amides is 4. The van der Waals surface area contributed by atoms with Crippen molar-refractivity contribution < 1.29 is 28.7 Å². The highest BCUT2D eigenvalue weighted by atomic mass is 16.5. The van der Waals surface area contributed by atoms with Crippen molar-refractivity contribution in [2.24, 2.45) is 0 Å². The first-order valence-electron chi connectivity index (χ1n) is 10.2. The van der Waals surface area contributed by atoms with Gasteiger partial charge in [-0.1, -0.05) is 18.2 Å². The lowest BCUT2D eigenvalue weighted by Crippen LogP contribution is -2.59. The molecule has 2 aliphatic heterocycles. The third kappa shape index (κ3) is 3.57. The van der Waals surface area contributed by atoms with E-state index >= 15 is 0 Å². The molecule has 1 N–H and O–H groups in total. The molecule has 2 aliphatic rings. The Kier molecular flexibility index (Phi) is 5.33. The van der Waals surface area contributed by atoms with Crippen molar-refractivity contribution in [3.63, 3.8) is 0 Å². The number of fused-ring (bicyclic) bond motifs is 2. The fourth-order valence-corrected chi connectivity index (χ4v) is 3.89. The molecule has 9 nitrogen and oxygen atoms in total. The molecular weight excluding hydrogens is 426 g/mol. The van der Waals surface area contributed by atoms with Gasteiger partial charge in [-0.3, -0.25) is 29.0 Å². The number of carbonyl (C=O) groups excluding carboxylic acids is 5. The number of imide groups is 1. The van der Waals surface area contributed by atoms with Gasteiger partial charge < -0.3 is 10.1 Å². The molecule has 0 radical (unpaired) electrons. The van der Waals surface area contributed by atoms with Crippen LogP contribution in [0.15, 0.2) is 55.1 Å². The van der Waals surface area contributed by atoms with Crippen molar-refractivity contribution in [2.45, 2.75) is 19.4 Å². The zero-order valence-electron chi connectivity index (χ0n) is 18.1. The highest BCUT2D eigenvalue weighted by Gasteiger charge is 2.43. The molecule has 0 aliphatic carbocycles. The van der Waals surface area contributed by atoms with Crippen molar-refractivity contribution in [1.82, 2.24) is 4.90 Å². The number of hydrogen-bond acceptors (Lipinski definition) is 6. The Morgan fingerprint density at radius 1 is 1.06 bits per heavy atom. The molecule has 0 atom stereocenters. The van der Waals surface area contributed by atoms with Crippen LogP contribution in [0.2, 0.25) is 0 Å². The van der Waals surface area contributed by atoms with Crippen LogP contribution in [0, 0.1) is 0 Å². The number of ether oxygens (including phenoxy) is 1. The van der Waals surface area contributed by atoms with Gasteiger partial charge in [-0.25, -0.2) is 4.79 Å². The first-order valence-corrected chi connectivity index (χ1v) is 10.2. The van der Waals surface area contributed by atoms with E-state index in [2.05, 4.69) is 11.9 Å². The highest BCUT2D eigenvalue weighted by Crippen LogP contribution is 2.36. The number of nitrogens with zero attached hydrogens (tertiary/aromatic N) is 2. The van der Waals surface area contributed by atoms with E-state index in [1.54, 1.807) is 38.1 Å². The Bertz CT molecular complexity index is 1230. The summed E-state index contributed by atoms with van der Waals surface area (Å²) in [5.74, 6) is -2.78. The molecule has 4 rings (SSSR count). The molecule has 0 aromatic heterocycles. The first kappa shape index (κ1) is 21.9. The van der Waals surface area contributed by atoms with Crippen molar-refractivity contribution >= 4 is 41.0 Å². The minimum atomic E-state index is -1.20. The number of rotatable bonds is 5. The van der Waals surface area contributed by atoms with E-state index in [0.717, 1.165) is 4.90 Å². The van der Waals surface area contributed by atoms with Crippen LogP contribution in [0.5, 0.6) is 0 Å². The lowest BCUT2D eigenvalue weighted by Gasteiger charge is -2.41. The van der Waals surface area contributed by atoms with Crippen LogP contribution < -0.4 is 10.2 Å². The predicted octanol–water partition coefficient (Wildman–Crippen LogP) is 2.39. The average molecular weight is 447 g/mol. The van der Waals surface area contributed by atoms with Crippen LogP contribution in [-0.2, 0) is 14.3 Å². The number of para-hydroxylation sites is 2. The molecule has 0 saturated carbocycles. The van der Waals surface area contributed by atoms with Crippen LogP contribution >= 0.6 is 0 Å². The van der Waals surface area contributed by atoms with Gasteiger partial charge in [0.25, 0.3) is 17.7 Å². The second-order valence-corrected chi connectivity index (χ2v) is 8.11. The molecule has 4 amide bonds. The maximum Gasteiger partial charge on any atom is 0.338 e. The van der Waals surface area contributed by atoms with Crippen LogP contribution in [0.3, 0.4) is 0 Å². The van der Waals surface area contributed by atoms with Gasteiger partial charge in [-0.15, -0.1) is 6.58 Å². The van der Waals surface area contributed by atoms with Crippen molar-refractivity contribution in [1.29, 1.82) is 0 Å². The molecule has 2 heterocycles. The van der Waals surface area contributed by atoms with Gasteiger partial charge in [0.15, 0.2) is 6.61 Å². The Hall–Kier alpha value is -4.27. The van der Waals surface area contributed by atoms with Gasteiger partial charge in [0.2, 0.25) is 5.91 Å². The van der Waals surface area contributed by atoms with E-state index < -0.39 is 35.8 Å². The smallest absolute Gasteiger partial charge is 0.338 e. The van der Waals surface area contributed by atoms with E-state index in [4.69, 9.17) is 4.74 Å². The van der Waals surface area contributed by atoms with E-state index in [9.17, 15) is 24.0 Å². The van der Waals surface area contributed by atoms with Gasteiger partial charge in [0.05, 0.1) is 28.1 Å². The number of nitrogens with one attached hydrogen (secondary N) is 1. The highest BCUT2D eigenvalue weighted by molar-refractivity contribution is 6.22. The summed E-state index contributed by atoms with van der Waals surface area (Å²) in [5, 5.41) is 2.76. The molecule has 0 bridgehead atoms. The second-order valence-electron chi connectivity index (χ2n) is 8.11. The maximum absolute atomic E-state index is 13.0. The normalized spacial score (nSPS) is 16.1. The monoisotopic (exact) mass is 447 g/mol. The summed E-state index contributed by atoms with van der Waals surface area (Å²) in [6.07, 6.45) is 1.43. The fourth-order valence-electron chi connectivity index (χ4n) is 3.89. The summed E-state index contributed by atoms with van der Waals surface area (Å²) in [6.45, 7) is 6.16. The van der Waals surface area contributed by atoms with Crippen molar-refractivity contribution in [3.8, 4) is 0 Å². The zero-order valence-corrected chi connectivity index (χ0v) is 18.1.